The molecular formula is C15H30O2Si. The van der Waals surface area contributed by atoms with Gasteiger partial charge in [-0.2, -0.15) is 0 Å². The van der Waals surface area contributed by atoms with Gasteiger partial charge in [-0.05, 0) is 32.6 Å². The van der Waals surface area contributed by atoms with E-state index in [4.69, 9.17) is 8.85 Å². The molecule has 2 rings (SSSR count). The third kappa shape index (κ3) is 2.99. The van der Waals surface area contributed by atoms with Crippen LogP contribution in [0.2, 0.25) is 11.1 Å². The van der Waals surface area contributed by atoms with Crippen molar-refractivity contribution in [1.82, 2.24) is 0 Å². The summed E-state index contributed by atoms with van der Waals surface area (Å²) in [7, 11) is -0.0322. The Morgan fingerprint density at radius 2 is 1.28 bits per heavy atom. The summed E-state index contributed by atoms with van der Waals surface area (Å²) in [5, 5.41) is 0. The molecule has 0 spiro atoms. The fourth-order valence-corrected chi connectivity index (χ4v) is 9.00. The van der Waals surface area contributed by atoms with Crippen LogP contribution in [0.15, 0.2) is 0 Å². The minimum Gasteiger partial charge on any atom is -0.397 e. The van der Waals surface area contributed by atoms with Crippen LogP contribution >= 0.6 is 0 Å². The predicted octanol–water partition coefficient (Wildman–Crippen LogP) is 4.78. The SMILES string of the molecule is CCO[Si](OC)(C1CCCCC1)C1CCCCC1. The van der Waals surface area contributed by atoms with Crippen LogP contribution in [0.5, 0.6) is 0 Å². The molecule has 106 valence electrons. The first-order valence-corrected chi connectivity index (χ1v) is 9.99. The van der Waals surface area contributed by atoms with Crippen LogP contribution < -0.4 is 0 Å². The van der Waals surface area contributed by atoms with Crippen molar-refractivity contribution in [3.63, 3.8) is 0 Å². The maximum Gasteiger partial charge on any atom is 0.344 e. The summed E-state index contributed by atoms with van der Waals surface area (Å²) in [6.07, 6.45) is 13.8. The van der Waals surface area contributed by atoms with Crippen LogP contribution in [0.25, 0.3) is 0 Å². The maximum absolute atomic E-state index is 6.37. The van der Waals surface area contributed by atoms with Crippen molar-refractivity contribution in [2.75, 3.05) is 13.7 Å². The molecule has 0 aliphatic heterocycles. The van der Waals surface area contributed by atoms with Gasteiger partial charge in [0.15, 0.2) is 0 Å². The molecule has 3 heteroatoms. The Morgan fingerprint density at radius 3 is 1.61 bits per heavy atom. The summed E-state index contributed by atoms with van der Waals surface area (Å²) in [6.45, 7) is 2.99. The van der Waals surface area contributed by atoms with E-state index in [1.54, 1.807) is 0 Å². The second-order valence-corrected chi connectivity index (χ2v) is 9.80. The van der Waals surface area contributed by atoms with Crippen LogP contribution in [0, 0.1) is 0 Å². The lowest BCUT2D eigenvalue weighted by Crippen LogP contribution is -2.51. The molecule has 0 aromatic rings. The zero-order valence-corrected chi connectivity index (χ0v) is 13.2. The molecule has 0 aromatic carbocycles. The van der Waals surface area contributed by atoms with Crippen LogP contribution in [0.1, 0.15) is 71.1 Å². The van der Waals surface area contributed by atoms with Crippen molar-refractivity contribution in [3.05, 3.63) is 0 Å². The molecule has 2 fully saturated rings. The first-order valence-electron chi connectivity index (χ1n) is 8.02. The van der Waals surface area contributed by atoms with Gasteiger partial charge >= 0.3 is 8.56 Å². The fourth-order valence-electron chi connectivity index (χ4n) is 4.20. The largest absolute Gasteiger partial charge is 0.397 e. The molecule has 0 unspecified atom stereocenters. The van der Waals surface area contributed by atoms with E-state index >= 15 is 0 Å². The van der Waals surface area contributed by atoms with Crippen molar-refractivity contribution in [3.8, 4) is 0 Å². The quantitative estimate of drug-likeness (QED) is 0.669. The van der Waals surface area contributed by atoms with Gasteiger partial charge in [-0.25, -0.2) is 0 Å². The molecule has 2 saturated carbocycles. The zero-order valence-electron chi connectivity index (χ0n) is 12.2. The van der Waals surface area contributed by atoms with E-state index in [0.29, 0.717) is 0 Å². The first kappa shape index (κ1) is 14.5. The summed E-state index contributed by atoms with van der Waals surface area (Å²) in [5.41, 5.74) is 1.53. The van der Waals surface area contributed by atoms with Crippen LogP contribution in [0.3, 0.4) is 0 Å². The maximum atomic E-state index is 6.37. The highest BCUT2D eigenvalue weighted by Crippen LogP contribution is 2.48. The number of hydrogen-bond acceptors (Lipinski definition) is 2. The second-order valence-electron chi connectivity index (χ2n) is 6.03. The molecule has 2 nitrogen and oxygen atoms in total. The van der Waals surface area contributed by atoms with E-state index in [9.17, 15) is 0 Å². The zero-order chi connectivity index (χ0) is 12.8. The van der Waals surface area contributed by atoms with Gasteiger partial charge in [-0.3, -0.25) is 0 Å². The first-order chi connectivity index (χ1) is 8.83. The van der Waals surface area contributed by atoms with Crippen molar-refractivity contribution in [2.24, 2.45) is 0 Å². The van der Waals surface area contributed by atoms with E-state index in [2.05, 4.69) is 6.92 Å². The molecule has 0 radical (unpaired) electrons. The molecule has 0 saturated heterocycles. The third-order valence-corrected chi connectivity index (χ3v) is 9.85. The molecule has 0 aromatic heterocycles. The Kier molecular flexibility index (Phi) is 5.71. The van der Waals surface area contributed by atoms with Crippen LogP contribution in [0.4, 0.5) is 0 Å². The Morgan fingerprint density at radius 1 is 0.833 bits per heavy atom. The highest BCUT2D eigenvalue weighted by atomic mass is 28.4. The number of hydrogen-bond donors (Lipinski definition) is 0. The van der Waals surface area contributed by atoms with E-state index < -0.39 is 8.56 Å². The Labute approximate surface area is 114 Å². The van der Waals surface area contributed by atoms with Crippen molar-refractivity contribution in [2.45, 2.75) is 82.2 Å². The normalized spacial score (nSPS) is 24.3. The summed E-state index contributed by atoms with van der Waals surface area (Å²) in [5.74, 6) is 0. The van der Waals surface area contributed by atoms with Crippen molar-refractivity contribution >= 4 is 8.56 Å². The van der Waals surface area contributed by atoms with E-state index in [1.165, 1.54) is 64.2 Å². The minimum atomic E-state index is -1.97. The van der Waals surface area contributed by atoms with Crippen LogP contribution in [-0.2, 0) is 8.85 Å². The van der Waals surface area contributed by atoms with Gasteiger partial charge in [0.1, 0.15) is 0 Å². The lowest BCUT2D eigenvalue weighted by molar-refractivity contribution is 0.167. The number of rotatable bonds is 5. The average Bonchev–Trinajstić information content (AvgIpc) is 2.47. The van der Waals surface area contributed by atoms with Gasteiger partial charge in [-0.15, -0.1) is 0 Å². The standard InChI is InChI=1S/C15H30O2Si/c1-3-17-18(16-2,14-10-6-4-7-11-14)15-12-8-5-9-13-15/h14-15H,3-13H2,1-2H3. The fraction of sp³-hybridized carbons (Fsp3) is 1.00. The Balaban J connectivity index is 2.13. The van der Waals surface area contributed by atoms with Gasteiger partial charge in [-0.1, -0.05) is 38.5 Å². The lowest BCUT2D eigenvalue weighted by atomic mass is 9.99. The molecule has 0 amide bonds. The van der Waals surface area contributed by atoms with Gasteiger partial charge in [0.2, 0.25) is 0 Å². The van der Waals surface area contributed by atoms with Crippen LogP contribution in [-0.4, -0.2) is 22.3 Å². The second kappa shape index (κ2) is 7.06. The molecule has 2 aliphatic carbocycles. The average molecular weight is 270 g/mol. The monoisotopic (exact) mass is 270 g/mol. The summed E-state index contributed by atoms with van der Waals surface area (Å²) < 4.78 is 12.5. The van der Waals surface area contributed by atoms with E-state index in [0.717, 1.165) is 17.7 Å². The van der Waals surface area contributed by atoms with E-state index in [1.807, 2.05) is 7.11 Å². The van der Waals surface area contributed by atoms with Crippen molar-refractivity contribution < 1.29 is 8.85 Å². The van der Waals surface area contributed by atoms with Gasteiger partial charge < -0.3 is 8.85 Å². The highest BCUT2D eigenvalue weighted by molar-refractivity contribution is 6.70. The molecule has 18 heavy (non-hydrogen) atoms. The molecule has 0 bridgehead atoms. The molecule has 0 N–H and O–H groups in total. The van der Waals surface area contributed by atoms with Crippen molar-refractivity contribution in [1.29, 1.82) is 0 Å². The van der Waals surface area contributed by atoms with Gasteiger partial charge in [0.05, 0.1) is 0 Å². The summed E-state index contributed by atoms with van der Waals surface area (Å²) in [6, 6.07) is 0. The molecule has 0 heterocycles. The topological polar surface area (TPSA) is 18.5 Å². The lowest BCUT2D eigenvalue weighted by Gasteiger charge is -2.44. The molecule has 2 aliphatic rings. The smallest absolute Gasteiger partial charge is 0.344 e. The molecular weight excluding hydrogens is 240 g/mol. The van der Waals surface area contributed by atoms with E-state index in [-0.39, 0.29) is 0 Å². The van der Waals surface area contributed by atoms with Gasteiger partial charge in [0.25, 0.3) is 0 Å². The Hall–Kier alpha value is 0.137. The highest BCUT2D eigenvalue weighted by Gasteiger charge is 2.51. The predicted molar refractivity (Wildman–Crippen MR) is 78.1 cm³/mol. The minimum absolute atomic E-state index is 0.763. The molecule has 0 atom stereocenters. The summed E-state index contributed by atoms with van der Waals surface area (Å²) in [4.78, 5) is 0. The van der Waals surface area contributed by atoms with Gasteiger partial charge in [0, 0.05) is 24.8 Å². The Bertz CT molecular complexity index is 215. The summed E-state index contributed by atoms with van der Waals surface area (Å²) >= 11 is 0. The third-order valence-electron chi connectivity index (χ3n) is 5.04.